The van der Waals surface area contributed by atoms with Gasteiger partial charge in [-0.25, -0.2) is 0 Å². The molecule has 1 aliphatic rings. The molecule has 0 radical (unpaired) electrons. The molecule has 1 fully saturated rings. The van der Waals surface area contributed by atoms with E-state index in [1.807, 2.05) is 6.92 Å². The highest BCUT2D eigenvalue weighted by molar-refractivity contribution is 5.83. The topological polar surface area (TPSA) is 58.4 Å². The second kappa shape index (κ2) is 6.36. The van der Waals surface area contributed by atoms with Gasteiger partial charge in [0.2, 0.25) is 5.91 Å². The fourth-order valence-corrected chi connectivity index (χ4v) is 2.54. The maximum absolute atomic E-state index is 12.1. The number of rotatable bonds is 6. The van der Waals surface area contributed by atoms with E-state index in [9.17, 15) is 4.79 Å². The number of hydrogen-bond acceptors (Lipinski definition) is 3. The Morgan fingerprint density at radius 1 is 1.47 bits per heavy atom. The minimum Gasteiger partial charge on any atom is -0.354 e. The van der Waals surface area contributed by atoms with E-state index >= 15 is 0 Å². The number of carbonyl (C=O) groups is 1. The van der Waals surface area contributed by atoms with Crippen LogP contribution in [-0.2, 0) is 4.79 Å². The van der Waals surface area contributed by atoms with Gasteiger partial charge in [-0.1, -0.05) is 20.3 Å². The van der Waals surface area contributed by atoms with Crippen molar-refractivity contribution in [2.24, 2.45) is 11.1 Å². The molecule has 0 aromatic rings. The maximum Gasteiger partial charge on any atom is 0.227 e. The summed E-state index contributed by atoms with van der Waals surface area (Å²) in [6, 6.07) is 0.0240. The summed E-state index contributed by atoms with van der Waals surface area (Å²) in [5, 5.41) is 3.03. The number of nitrogens with one attached hydrogen (secondary N) is 1. The molecule has 17 heavy (non-hydrogen) atoms. The Labute approximate surface area is 105 Å². The summed E-state index contributed by atoms with van der Waals surface area (Å²) in [4.78, 5) is 14.4. The summed E-state index contributed by atoms with van der Waals surface area (Å²) in [6.45, 7) is 9.98. The number of nitrogens with zero attached hydrogens (tertiary/aromatic N) is 1. The summed E-state index contributed by atoms with van der Waals surface area (Å²) >= 11 is 0. The molecule has 0 heterocycles. The molecule has 3 N–H and O–H groups in total. The van der Waals surface area contributed by atoms with Crippen LogP contribution in [0.3, 0.4) is 0 Å². The lowest BCUT2D eigenvalue weighted by molar-refractivity contribution is -0.130. The van der Waals surface area contributed by atoms with Gasteiger partial charge in [-0.2, -0.15) is 0 Å². The molecule has 4 heteroatoms. The van der Waals surface area contributed by atoms with Crippen LogP contribution in [0, 0.1) is 5.41 Å². The lowest BCUT2D eigenvalue weighted by atomic mass is 9.84. The highest BCUT2D eigenvalue weighted by Gasteiger charge is 2.42. The minimum absolute atomic E-state index is 0.0240. The summed E-state index contributed by atoms with van der Waals surface area (Å²) in [6.07, 6.45) is 2.96. The second-order valence-electron chi connectivity index (χ2n) is 5.20. The van der Waals surface area contributed by atoms with Crippen LogP contribution in [0.4, 0.5) is 0 Å². The Hall–Kier alpha value is -0.610. The quantitative estimate of drug-likeness (QED) is 0.728. The van der Waals surface area contributed by atoms with Crippen LogP contribution in [0.15, 0.2) is 0 Å². The third kappa shape index (κ3) is 3.42. The molecule has 2 atom stereocenters. The normalized spacial score (nSPS) is 28.6. The molecule has 0 aliphatic heterocycles. The Bertz CT molecular complexity index is 253. The zero-order valence-electron chi connectivity index (χ0n) is 11.5. The Morgan fingerprint density at radius 3 is 2.59 bits per heavy atom. The SMILES string of the molecule is CCN(CC)CCNC(=O)C1(C)CCCC1N. The standard InChI is InChI=1S/C13H27N3O/c1-4-16(5-2)10-9-15-12(17)13(3)8-6-7-11(13)14/h11H,4-10,14H2,1-3H3,(H,15,17). The summed E-state index contributed by atoms with van der Waals surface area (Å²) in [5.74, 6) is 0.134. The first-order chi connectivity index (χ1) is 8.04. The van der Waals surface area contributed by atoms with Crippen molar-refractivity contribution in [3.05, 3.63) is 0 Å². The zero-order valence-corrected chi connectivity index (χ0v) is 11.5. The number of likely N-dealkylation sites (N-methyl/N-ethyl adjacent to an activating group) is 1. The van der Waals surface area contributed by atoms with Crippen LogP contribution < -0.4 is 11.1 Å². The van der Waals surface area contributed by atoms with Crippen LogP contribution in [0.25, 0.3) is 0 Å². The molecule has 4 nitrogen and oxygen atoms in total. The van der Waals surface area contributed by atoms with Gasteiger partial charge < -0.3 is 16.0 Å². The molecule has 100 valence electrons. The van der Waals surface area contributed by atoms with Gasteiger partial charge in [0.25, 0.3) is 0 Å². The Kier molecular flexibility index (Phi) is 5.40. The van der Waals surface area contributed by atoms with Crippen LogP contribution in [0.1, 0.15) is 40.0 Å². The van der Waals surface area contributed by atoms with Gasteiger partial charge in [0, 0.05) is 19.1 Å². The molecule has 0 spiro atoms. The van der Waals surface area contributed by atoms with E-state index in [0.29, 0.717) is 0 Å². The van der Waals surface area contributed by atoms with Gasteiger partial charge in [-0.3, -0.25) is 4.79 Å². The predicted octanol–water partition coefficient (Wildman–Crippen LogP) is 0.962. The van der Waals surface area contributed by atoms with Crippen molar-refractivity contribution >= 4 is 5.91 Å². The largest absolute Gasteiger partial charge is 0.354 e. The van der Waals surface area contributed by atoms with Gasteiger partial charge in [-0.05, 0) is 32.9 Å². The third-order valence-corrected chi connectivity index (χ3v) is 4.16. The van der Waals surface area contributed by atoms with Gasteiger partial charge >= 0.3 is 0 Å². The van der Waals surface area contributed by atoms with E-state index in [1.54, 1.807) is 0 Å². The maximum atomic E-state index is 12.1. The van der Waals surface area contributed by atoms with E-state index < -0.39 is 0 Å². The molecule has 0 aromatic heterocycles. The summed E-state index contributed by atoms with van der Waals surface area (Å²) < 4.78 is 0. The van der Waals surface area contributed by atoms with Crippen molar-refractivity contribution < 1.29 is 4.79 Å². The minimum atomic E-state index is -0.344. The van der Waals surface area contributed by atoms with Gasteiger partial charge in [-0.15, -0.1) is 0 Å². The monoisotopic (exact) mass is 241 g/mol. The van der Waals surface area contributed by atoms with Crippen molar-refractivity contribution in [1.82, 2.24) is 10.2 Å². The number of amides is 1. The molecule has 0 aromatic carbocycles. The van der Waals surface area contributed by atoms with Crippen LogP contribution in [0.2, 0.25) is 0 Å². The van der Waals surface area contributed by atoms with E-state index in [2.05, 4.69) is 24.1 Å². The first-order valence-corrected chi connectivity index (χ1v) is 6.80. The zero-order chi connectivity index (χ0) is 12.9. The molecular formula is C13H27N3O. The van der Waals surface area contributed by atoms with E-state index in [-0.39, 0.29) is 17.4 Å². The number of nitrogens with two attached hydrogens (primary N) is 1. The molecule has 1 rings (SSSR count). The smallest absolute Gasteiger partial charge is 0.227 e. The lowest BCUT2D eigenvalue weighted by Gasteiger charge is -2.28. The van der Waals surface area contributed by atoms with Crippen LogP contribution in [-0.4, -0.2) is 43.0 Å². The Morgan fingerprint density at radius 2 is 2.12 bits per heavy atom. The molecule has 1 amide bonds. The number of carbonyl (C=O) groups excluding carboxylic acids is 1. The molecule has 0 bridgehead atoms. The van der Waals surface area contributed by atoms with E-state index in [4.69, 9.17) is 5.73 Å². The van der Waals surface area contributed by atoms with E-state index in [1.165, 1.54) is 0 Å². The fourth-order valence-electron chi connectivity index (χ4n) is 2.54. The summed E-state index contributed by atoms with van der Waals surface area (Å²) in [5.41, 5.74) is 5.68. The molecule has 2 unspecified atom stereocenters. The first-order valence-electron chi connectivity index (χ1n) is 6.80. The average molecular weight is 241 g/mol. The molecule has 1 saturated carbocycles. The lowest BCUT2D eigenvalue weighted by Crippen LogP contribution is -2.48. The van der Waals surface area contributed by atoms with Crippen LogP contribution >= 0.6 is 0 Å². The highest BCUT2D eigenvalue weighted by Crippen LogP contribution is 2.36. The van der Waals surface area contributed by atoms with Gasteiger partial charge in [0.15, 0.2) is 0 Å². The molecule has 1 aliphatic carbocycles. The van der Waals surface area contributed by atoms with Crippen molar-refractivity contribution in [3.8, 4) is 0 Å². The fraction of sp³-hybridized carbons (Fsp3) is 0.923. The van der Waals surface area contributed by atoms with Crippen LogP contribution in [0.5, 0.6) is 0 Å². The van der Waals surface area contributed by atoms with Crippen molar-refractivity contribution in [2.45, 2.75) is 46.1 Å². The molecule has 0 saturated heterocycles. The van der Waals surface area contributed by atoms with Gasteiger partial charge in [0.1, 0.15) is 0 Å². The molecular weight excluding hydrogens is 214 g/mol. The van der Waals surface area contributed by atoms with Gasteiger partial charge in [0.05, 0.1) is 5.41 Å². The summed E-state index contributed by atoms with van der Waals surface area (Å²) in [7, 11) is 0. The highest BCUT2D eigenvalue weighted by atomic mass is 16.2. The first kappa shape index (κ1) is 14.5. The average Bonchev–Trinajstić information content (AvgIpc) is 2.66. The third-order valence-electron chi connectivity index (χ3n) is 4.16. The van der Waals surface area contributed by atoms with Crippen molar-refractivity contribution in [2.75, 3.05) is 26.2 Å². The second-order valence-corrected chi connectivity index (χ2v) is 5.20. The van der Waals surface area contributed by atoms with E-state index in [0.717, 1.165) is 45.4 Å². The predicted molar refractivity (Wildman–Crippen MR) is 70.7 cm³/mol. The van der Waals surface area contributed by atoms with Crippen molar-refractivity contribution in [3.63, 3.8) is 0 Å². The van der Waals surface area contributed by atoms with Crippen molar-refractivity contribution in [1.29, 1.82) is 0 Å². The number of hydrogen-bond donors (Lipinski definition) is 2. The Balaban J connectivity index is 2.34.